The number of anilines is 2. The second-order valence-electron chi connectivity index (χ2n) is 4.58. The number of carbonyl (C=O) groups excluding carboxylic acids is 1. The van der Waals surface area contributed by atoms with Gasteiger partial charge in [0.25, 0.3) is 0 Å². The van der Waals surface area contributed by atoms with Crippen molar-refractivity contribution in [1.82, 2.24) is 4.98 Å². The summed E-state index contributed by atoms with van der Waals surface area (Å²) in [5, 5.41) is 4.71. The van der Waals surface area contributed by atoms with Gasteiger partial charge in [-0.3, -0.25) is 4.79 Å². The molecule has 0 radical (unpaired) electrons. The largest absolute Gasteiger partial charge is 0.399 e. The molecule has 1 amide bonds. The minimum atomic E-state index is -0.197. The van der Waals surface area contributed by atoms with Gasteiger partial charge in [-0.05, 0) is 44.5 Å². The van der Waals surface area contributed by atoms with Gasteiger partial charge in [0.1, 0.15) is 0 Å². The molecule has 0 saturated carbocycles. The number of nitrogen functional groups attached to an aromatic ring is 1. The topological polar surface area (TPSA) is 68.0 Å². The number of nitrogens with one attached hydrogen (secondary N) is 1. The van der Waals surface area contributed by atoms with Crippen molar-refractivity contribution in [3.63, 3.8) is 0 Å². The molecule has 0 aliphatic heterocycles. The van der Waals surface area contributed by atoms with Crippen molar-refractivity contribution in [3.8, 4) is 0 Å². The highest BCUT2D eigenvalue weighted by atomic mass is 32.2. The fraction of sp³-hybridized carbons (Fsp3) is 0.286. The third-order valence-corrected chi connectivity index (χ3v) is 4.94. The number of nitrogens with two attached hydrogens (primary N) is 1. The van der Waals surface area contributed by atoms with Crippen LogP contribution in [0.3, 0.4) is 0 Å². The molecule has 1 aromatic carbocycles. The smallest absolute Gasteiger partial charge is 0.237 e. The van der Waals surface area contributed by atoms with Gasteiger partial charge in [-0.1, -0.05) is 11.8 Å². The van der Waals surface area contributed by atoms with E-state index in [1.54, 1.807) is 17.4 Å². The predicted octanol–water partition coefficient (Wildman–Crippen LogP) is 3.46. The van der Waals surface area contributed by atoms with Crippen molar-refractivity contribution in [2.24, 2.45) is 0 Å². The summed E-state index contributed by atoms with van der Waals surface area (Å²) in [6, 6.07) is 5.45. The number of thiazole rings is 1. The van der Waals surface area contributed by atoms with Crippen LogP contribution >= 0.6 is 23.1 Å². The highest BCUT2D eigenvalue weighted by Crippen LogP contribution is 2.27. The standard InChI is InChI=1S/C14H17N3OS2/c1-8-6-11(15)4-5-12(8)17-13(18)10(3)20-14-16-9(2)7-19-14/h4-7,10H,15H2,1-3H3,(H,17,18). The number of rotatable bonds is 4. The predicted molar refractivity (Wildman–Crippen MR) is 86.4 cm³/mol. The van der Waals surface area contributed by atoms with Crippen LogP contribution in [0.5, 0.6) is 0 Å². The van der Waals surface area contributed by atoms with Crippen molar-refractivity contribution < 1.29 is 4.79 Å². The summed E-state index contributed by atoms with van der Waals surface area (Å²) >= 11 is 3.03. The maximum Gasteiger partial charge on any atom is 0.237 e. The van der Waals surface area contributed by atoms with Gasteiger partial charge in [0.15, 0.2) is 4.34 Å². The lowest BCUT2D eigenvalue weighted by atomic mass is 10.2. The van der Waals surface area contributed by atoms with Gasteiger partial charge in [0.05, 0.1) is 5.25 Å². The van der Waals surface area contributed by atoms with Crippen molar-refractivity contribution in [3.05, 3.63) is 34.8 Å². The number of benzene rings is 1. The molecule has 2 rings (SSSR count). The van der Waals surface area contributed by atoms with Crippen LogP contribution in [0.4, 0.5) is 11.4 Å². The summed E-state index contributed by atoms with van der Waals surface area (Å²) in [5.41, 5.74) is 9.14. The van der Waals surface area contributed by atoms with Crippen LogP contribution in [0, 0.1) is 13.8 Å². The molecular weight excluding hydrogens is 290 g/mol. The lowest BCUT2D eigenvalue weighted by molar-refractivity contribution is -0.115. The summed E-state index contributed by atoms with van der Waals surface area (Å²) in [4.78, 5) is 16.5. The van der Waals surface area contributed by atoms with Crippen molar-refractivity contribution in [2.75, 3.05) is 11.1 Å². The number of nitrogens with zero attached hydrogens (tertiary/aromatic N) is 1. The van der Waals surface area contributed by atoms with Crippen LogP contribution in [0.2, 0.25) is 0 Å². The van der Waals surface area contributed by atoms with E-state index in [0.29, 0.717) is 5.69 Å². The lowest BCUT2D eigenvalue weighted by Gasteiger charge is -2.12. The van der Waals surface area contributed by atoms with E-state index in [4.69, 9.17) is 5.73 Å². The Morgan fingerprint density at radius 2 is 2.20 bits per heavy atom. The van der Waals surface area contributed by atoms with Crippen LogP contribution < -0.4 is 11.1 Å². The molecule has 0 fully saturated rings. The van der Waals surface area contributed by atoms with E-state index in [0.717, 1.165) is 21.3 Å². The van der Waals surface area contributed by atoms with Crippen molar-refractivity contribution in [2.45, 2.75) is 30.4 Å². The van der Waals surface area contributed by atoms with Crippen LogP contribution in [-0.2, 0) is 4.79 Å². The van der Waals surface area contributed by atoms with Gasteiger partial charge < -0.3 is 11.1 Å². The van der Waals surface area contributed by atoms with Crippen molar-refractivity contribution in [1.29, 1.82) is 0 Å². The summed E-state index contributed by atoms with van der Waals surface area (Å²) in [7, 11) is 0. The minimum Gasteiger partial charge on any atom is -0.399 e. The fourth-order valence-electron chi connectivity index (χ4n) is 1.65. The van der Waals surface area contributed by atoms with Crippen LogP contribution in [-0.4, -0.2) is 16.1 Å². The molecule has 6 heteroatoms. The van der Waals surface area contributed by atoms with Gasteiger partial charge in [-0.25, -0.2) is 4.98 Å². The molecule has 0 aliphatic rings. The monoisotopic (exact) mass is 307 g/mol. The average Bonchev–Trinajstić information content (AvgIpc) is 2.78. The van der Waals surface area contributed by atoms with Crippen LogP contribution in [0.1, 0.15) is 18.2 Å². The van der Waals surface area contributed by atoms with E-state index < -0.39 is 0 Å². The molecule has 1 unspecified atom stereocenters. The first kappa shape index (κ1) is 14.9. The molecule has 2 aromatic rings. The number of hydrogen-bond donors (Lipinski definition) is 2. The zero-order valence-electron chi connectivity index (χ0n) is 11.6. The van der Waals surface area contributed by atoms with Gasteiger partial charge >= 0.3 is 0 Å². The van der Waals surface area contributed by atoms with E-state index in [9.17, 15) is 4.79 Å². The maximum absolute atomic E-state index is 12.2. The molecule has 20 heavy (non-hydrogen) atoms. The normalized spacial score (nSPS) is 12.2. The van der Waals surface area contributed by atoms with Gasteiger partial charge in [-0.15, -0.1) is 11.3 Å². The third kappa shape index (κ3) is 3.74. The number of carbonyl (C=O) groups is 1. The number of aromatic nitrogens is 1. The Kier molecular flexibility index (Phi) is 4.67. The quantitative estimate of drug-likeness (QED) is 0.670. The Hall–Kier alpha value is -1.53. The zero-order chi connectivity index (χ0) is 14.7. The molecular formula is C14H17N3OS2. The molecule has 0 bridgehead atoms. The molecule has 1 aromatic heterocycles. The van der Waals surface area contributed by atoms with Gasteiger partial charge in [0.2, 0.25) is 5.91 Å². The SMILES string of the molecule is Cc1csc(SC(C)C(=O)Nc2ccc(N)cc2C)n1. The molecule has 1 heterocycles. The second-order valence-corrected chi connectivity index (χ2v) is 7.02. The number of thioether (sulfide) groups is 1. The first-order valence-electron chi connectivity index (χ1n) is 6.21. The Balaban J connectivity index is 2.00. The van der Waals surface area contributed by atoms with Crippen LogP contribution in [0.15, 0.2) is 27.9 Å². The first-order valence-corrected chi connectivity index (χ1v) is 7.97. The highest BCUT2D eigenvalue weighted by Gasteiger charge is 2.16. The van der Waals surface area contributed by atoms with E-state index in [1.807, 2.05) is 38.3 Å². The molecule has 3 N–H and O–H groups in total. The zero-order valence-corrected chi connectivity index (χ0v) is 13.3. The molecule has 0 spiro atoms. The summed E-state index contributed by atoms with van der Waals surface area (Å²) in [6.07, 6.45) is 0. The van der Waals surface area contributed by atoms with Gasteiger partial charge in [0, 0.05) is 22.4 Å². The number of aryl methyl sites for hydroxylation is 2. The highest BCUT2D eigenvalue weighted by molar-refractivity contribution is 8.02. The maximum atomic E-state index is 12.2. The lowest BCUT2D eigenvalue weighted by Crippen LogP contribution is -2.22. The fourth-order valence-corrected chi connectivity index (χ4v) is 3.64. The molecule has 106 valence electrons. The third-order valence-electron chi connectivity index (χ3n) is 2.75. The first-order chi connectivity index (χ1) is 9.45. The Morgan fingerprint density at radius 1 is 1.45 bits per heavy atom. The van der Waals surface area contributed by atoms with E-state index in [-0.39, 0.29) is 11.2 Å². The number of amides is 1. The molecule has 0 saturated heterocycles. The summed E-state index contributed by atoms with van der Waals surface area (Å²) in [6.45, 7) is 5.75. The minimum absolute atomic E-state index is 0.0317. The van der Waals surface area contributed by atoms with Crippen molar-refractivity contribution >= 4 is 40.4 Å². The number of hydrogen-bond acceptors (Lipinski definition) is 5. The summed E-state index contributed by atoms with van der Waals surface area (Å²) in [5.74, 6) is -0.0317. The average molecular weight is 307 g/mol. The molecule has 0 aliphatic carbocycles. The van der Waals surface area contributed by atoms with E-state index >= 15 is 0 Å². The Morgan fingerprint density at radius 3 is 2.80 bits per heavy atom. The van der Waals surface area contributed by atoms with E-state index in [1.165, 1.54) is 11.8 Å². The second kappa shape index (κ2) is 6.28. The van der Waals surface area contributed by atoms with Gasteiger partial charge in [-0.2, -0.15) is 0 Å². The Labute approximate surface area is 126 Å². The summed E-state index contributed by atoms with van der Waals surface area (Å²) < 4.78 is 0.916. The molecule has 4 nitrogen and oxygen atoms in total. The Bertz CT molecular complexity index is 625. The van der Waals surface area contributed by atoms with E-state index in [2.05, 4.69) is 10.3 Å². The molecule has 1 atom stereocenters. The van der Waals surface area contributed by atoms with Crippen LogP contribution in [0.25, 0.3) is 0 Å².